The monoisotopic (exact) mass is 270 g/mol. The Hall–Kier alpha value is -0.450. The normalized spacial score (nSPS) is 13.6. The van der Waals surface area contributed by atoms with E-state index in [2.05, 4.69) is 39.9 Å². The summed E-state index contributed by atoms with van der Waals surface area (Å²) in [5.41, 5.74) is 1.24. The first-order chi connectivity index (χ1) is 8.43. The second-order valence-corrected chi connectivity index (χ2v) is 6.52. The summed E-state index contributed by atoms with van der Waals surface area (Å²) in [5.74, 6) is 0.483. The van der Waals surface area contributed by atoms with E-state index in [4.69, 9.17) is 9.72 Å². The lowest BCUT2D eigenvalue weighted by atomic mass is 10.1. The SMILES string of the molecule is COC(C)Cc1nc(C(C)C)c(CNC(C)C)s1. The molecule has 3 nitrogen and oxygen atoms in total. The van der Waals surface area contributed by atoms with Gasteiger partial charge in [-0.15, -0.1) is 11.3 Å². The van der Waals surface area contributed by atoms with E-state index in [-0.39, 0.29) is 6.10 Å². The number of rotatable bonds is 7. The zero-order chi connectivity index (χ0) is 13.7. The van der Waals surface area contributed by atoms with Gasteiger partial charge in [-0.05, 0) is 12.8 Å². The van der Waals surface area contributed by atoms with Gasteiger partial charge in [0.05, 0.1) is 16.8 Å². The third kappa shape index (κ3) is 4.67. The average molecular weight is 270 g/mol. The highest BCUT2D eigenvalue weighted by Gasteiger charge is 2.15. The summed E-state index contributed by atoms with van der Waals surface area (Å²) in [6.07, 6.45) is 1.14. The van der Waals surface area contributed by atoms with Gasteiger partial charge in [0, 0.05) is 31.0 Å². The van der Waals surface area contributed by atoms with Crippen molar-refractivity contribution >= 4 is 11.3 Å². The molecule has 0 bridgehead atoms. The second-order valence-electron chi connectivity index (χ2n) is 5.36. The van der Waals surface area contributed by atoms with Crippen LogP contribution in [0.4, 0.5) is 0 Å². The highest BCUT2D eigenvalue weighted by molar-refractivity contribution is 7.11. The Morgan fingerprint density at radius 3 is 2.39 bits per heavy atom. The maximum absolute atomic E-state index is 5.31. The van der Waals surface area contributed by atoms with E-state index < -0.39 is 0 Å². The molecule has 0 aliphatic heterocycles. The van der Waals surface area contributed by atoms with Crippen molar-refractivity contribution in [1.29, 1.82) is 0 Å². The first-order valence-electron chi connectivity index (χ1n) is 6.68. The first kappa shape index (κ1) is 15.6. The molecule has 4 heteroatoms. The minimum absolute atomic E-state index is 0.238. The summed E-state index contributed by atoms with van der Waals surface area (Å²) in [7, 11) is 1.75. The molecule has 1 N–H and O–H groups in total. The van der Waals surface area contributed by atoms with Crippen molar-refractivity contribution in [3.8, 4) is 0 Å². The Morgan fingerprint density at radius 2 is 1.89 bits per heavy atom. The quantitative estimate of drug-likeness (QED) is 0.825. The van der Waals surface area contributed by atoms with Gasteiger partial charge in [0.1, 0.15) is 0 Å². The average Bonchev–Trinajstić information content (AvgIpc) is 2.69. The molecule has 104 valence electrons. The number of hydrogen-bond acceptors (Lipinski definition) is 4. The molecule has 0 aliphatic carbocycles. The molecule has 0 radical (unpaired) electrons. The minimum Gasteiger partial charge on any atom is -0.381 e. The van der Waals surface area contributed by atoms with Gasteiger partial charge in [0.15, 0.2) is 0 Å². The van der Waals surface area contributed by atoms with Crippen molar-refractivity contribution in [2.24, 2.45) is 0 Å². The van der Waals surface area contributed by atoms with E-state index in [0.29, 0.717) is 12.0 Å². The van der Waals surface area contributed by atoms with Crippen LogP contribution in [0.1, 0.15) is 56.1 Å². The van der Waals surface area contributed by atoms with Gasteiger partial charge >= 0.3 is 0 Å². The van der Waals surface area contributed by atoms with Crippen LogP contribution in [0.3, 0.4) is 0 Å². The maximum atomic E-state index is 5.31. The van der Waals surface area contributed by atoms with Crippen molar-refractivity contribution in [3.05, 3.63) is 15.6 Å². The molecule has 1 atom stereocenters. The van der Waals surface area contributed by atoms with Gasteiger partial charge in [0.2, 0.25) is 0 Å². The van der Waals surface area contributed by atoms with Crippen LogP contribution in [-0.2, 0) is 17.7 Å². The third-order valence-corrected chi connectivity index (χ3v) is 3.95. The number of ether oxygens (including phenoxy) is 1. The zero-order valence-electron chi connectivity index (χ0n) is 12.4. The highest BCUT2D eigenvalue weighted by atomic mass is 32.1. The zero-order valence-corrected chi connectivity index (χ0v) is 13.2. The van der Waals surface area contributed by atoms with E-state index >= 15 is 0 Å². The van der Waals surface area contributed by atoms with E-state index in [1.165, 1.54) is 15.6 Å². The van der Waals surface area contributed by atoms with Crippen LogP contribution in [0, 0.1) is 0 Å². The Morgan fingerprint density at radius 1 is 1.22 bits per heavy atom. The first-order valence-corrected chi connectivity index (χ1v) is 7.50. The molecule has 0 saturated carbocycles. The number of nitrogens with one attached hydrogen (secondary N) is 1. The maximum Gasteiger partial charge on any atom is 0.0957 e. The Kier molecular flexibility index (Phi) is 6.26. The van der Waals surface area contributed by atoms with Gasteiger partial charge in [-0.1, -0.05) is 27.7 Å². The van der Waals surface area contributed by atoms with Crippen LogP contribution >= 0.6 is 11.3 Å². The predicted octanol–water partition coefficient (Wildman–Crippen LogP) is 3.34. The van der Waals surface area contributed by atoms with Crippen LogP contribution in [0.5, 0.6) is 0 Å². The Balaban J connectivity index is 2.80. The molecule has 1 unspecified atom stereocenters. The van der Waals surface area contributed by atoms with Crippen molar-refractivity contribution < 1.29 is 4.74 Å². The molecule has 0 aliphatic rings. The molecule has 0 fully saturated rings. The lowest BCUT2D eigenvalue weighted by molar-refractivity contribution is 0.118. The second kappa shape index (κ2) is 7.22. The van der Waals surface area contributed by atoms with Gasteiger partial charge < -0.3 is 10.1 Å². The van der Waals surface area contributed by atoms with E-state index in [0.717, 1.165) is 13.0 Å². The van der Waals surface area contributed by atoms with Crippen molar-refractivity contribution in [1.82, 2.24) is 10.3 Å². The molecule has 1 rings (SSSR count). The summed E-state index contributed by atoms with van der Waals surface area (Å²) < 4.78 is 5.31. The minimum atomic E-state index is 0.238. The number of thiazole rings is 1. The molecule has 1 heterocycles. The number of nitrogens with zero attached hydrogens (tertiary/aromatic N) is 1. The topological polar surface area (TPSA) is 34.1 Å². The van der Waals surface area contributed by atoms with Crippen molar-refractivity contribution in [2.75, 3.05) is 7.11 Å². The summed E-state index contributed by atoms with van der Waals surface area (Å²) in [6, 6.07) is 0.508. The third-order valence-electron chi connectivity index (χ3n) is 2.85. The fourth-order valence-electron chi connectivity index (χ4n) is 1.71. The summed E-state index contributed by atoms with van der Waals surface area (Å²) in [4.78, 5) is 6.15. The van der Waals surface area contributed by atoms with Crippen LogP contribution in [0.25, 0.3) is 0 Å². The lowest BCUT2D eigenvalue weighted by Crippen LogP contribution is -2.22. The standard InChI is InChI=1S/C14H26N2OS/c1-9(2)14-12(8-15-10(3)4)18-13(16-14)7-11(5)17-6/h9-11,15H,7-8H2,1-6H3. The fraction of sp³-hybridized carbons (Fsp3) is 0.786. The van der Waals surface area contributed by atoms with Gasteiger partial charge in [-0.2, -0.15) is 0 Å². The van der Waals surface area contributed by atoms with E-state index in [1.807, 2.05) is 11.3 Å². The van der Waals surface area contributed by atoms with Crippen LogP contribution < -0.4 is 5.32 Å². The molecule has 1 aromatic rings. The Labute approximate surface area is 115 Å². The molecule has 18 heavy (non-hydrogen) atoms. The smallest absolute Gasteiger partial charge is 0.0957 e. The van der Waals surface area contributed by atoms with Crippen LogP contribution in [0.15, 0.2) is 0 Å². The van der Waals surface area contributed by atoms with Crippen LogP contribution in [-0.4, -0.2) is 24.2 Å². The summed E-state index contributed by atoms with van der Waals surface area (Å²) in [6.45, 7) is 11.8. The van der Waals surface area contributed by atoms with Gasteiger partial charge in [-0.3, -0.25) is 0 Å². The molecular weight excluding hydrogens is 244 g/mol. The highest BCUT2D eigenvalue weighted by Crippen LogP contribution is 2.26. The predicted molar refractivity (Wildman–Crippen MR) is 78.4 cm³/mol. The van der Waals surface area contributed by atoms with Gasteiger partial charge in [-0.25, -0.2) is 4.98 Å². The van der Waals surface area contributed by atoms with Crippen molar-refractivity contribution in [3.63, 3.8) is 0 Å². The summed E-state index contributed by atoms with van der Waals surface area (Å²) in [5, 5.41) is 4.67. The molecular formula is C14H26N2OS. The number of aromatic nitrogens is 1. The number of hydrogen-bond donors (Lipinski definition) is 1. The molecule has 1 aromatic heterocycles. The lowest BCUT2D eigenvalue weighted by Gasteiger charge is -2.09. The van der Waals surface area contributed by atoms with Gasteiger partial charge in [0.25, 0.3) is 0 Å². The van der Waals surface area contributed by atoms with E-state index in [9.17, 15) is 0 Å². The molecule has 0 aromatic carbocycles. The van der Waals surface area contributed by atoms with E-state index in [1.54, 1.807) is 7.11 Å². The number of methoxy groups -OCH3 is 1. The fourth-order valence-corrected chi connectivity index (χ4v) is 2.99. The van der Waals surface area contributed by atoms with Crippen molar-refractivity contribution in [2.45, 2.75) is 65.6 Å². The molecule has 0 saturated heterocycles. The van der Waals surface area contributed by atoms with Crippen LogP contribution in [0.2, 0.25) is 0 Å². The largest absolute Gasteiger partial charge is 0.381 e. The molecule has 0 spiro atoms. The summed E-state index contributed by atoms with van der Waals surface area (Å²) >= 11 is 1.82. The Bertz CT molecular complexity index is 361. The molecule has 0 amide bonds.